The molecular weight excluding hydrogens is 320 g/mol. The van der Waals surface area contributed by atoms with E-state index >= 15 is 0 Å². The van der Waals surface area contributed by atoms with Gasteiger partial charge in [-0.3, -0.25) is 4.79 Å². The number of fused-ring (bicyclic) bond motifs is 1. The van der Waals surface area contributed by atoms with Crippen LogP contribution < -0.4 is 0 Å². The summed E-state index contributed by atoms with van der Waals surface area (Å²) in [5.41, 5.74) is 2.21. The number of esters is 2. The maximum atomic E-state index is 12.3. The van der Waals surface area contributed by atoms with E-state index in [1.807, 2.05) is 13.0 Å². The van der Waals surface area contributed by atoms with Crippen LogP contribution >= 0.6 is 0 Å². The molecule has 0 unspecified atom stereocenters. The molecule has 0 saturated carbocycles. The lowest BCUT2D eigenvalue weighted by Crippen LogP contribution is -2.33. The largest absolute Gasteiger partial charge is 0.458 e. The SMILES string of the molecule is C=C1C(=O)O[C@H]2C=C(C)C(=O)CC=C(C)C[C@H](OC(=O)/C(C)=C\C)[C@@H]12. The first-order chi connectivity index (χ1) is 11.7. The standard InChI is InChI=1S/C20H24O5/c1-6-12(3)19(22)24-16-9-11(2)7-8-15(21)13(4)10-17-18(16)14(5)20(23)25-17/h6-7,10,16-18H,5,8-9H2,1-4H3/b11-7?,12-6-,13-10?/t16-,17-,18+/m0/s1. The molecule has 1 aliphatic heterocycles. The van der Waals surface area contributed by atoms with E-state index in [4.69, 9.17) is 9.47 Å². The van der Waals surface area contributed by atoms with Gasteiger partial charge in [0.25, 0.3) is 0 Å². The van der Waals surface area contributed by atoms with Gasteiger partial charge in [-0.15, -0.1) is 0 Å². The average Bonchev–Trinajstić information content (AvgIpc) is 2.84. The third kappa shape index (κ3) is 4.16. The summed E-state index contributed by atoms with van der Waals surface area (Å²) in [5, 5.41) is 0. The smallest absolute Gasteiger partial charge is 0.334 e. The first-order valence-electron chi connectivity index (χ1n) is 8.35. The Kier molecular flexibility index (Phi) is 5.77. The minimum Gasteiger partial charge on any atom is -0.458 e. The fourth-order valence-corrected chi connectivity index (χ4v) is 2.94. The molecule has 0 aromatic heterocycles. The number of ketones is 1. The lowest BCUT2D eigenvalue weighted by Gasteiger charge is -2.27. The number of ether oxygens (including phenoxy) is 2. The van der Waals surface area contributed by atoms with Crippen molar-refractivity contribution < 1.29 is 23.9 Å². The van der Waals surface area contributed by atoms with Crippen molar-refractivity contribution in [2.45, 2.75) is 52.7 Å². The molecule has 1 aliphatic carbocycles. The first kappa shape index (κ1) is 18.9. The zero-order chi connectivity index (χ0) is 18.7. The van der Waals surface area contributed by atoms with Crippen molar-refractivity contribution in [1.29, 1.82) is 0 Å². The average molecular weight is 344 g/mol. The molecule has 134 valence electrons. The molecule has 3 atom stereocenters. The van der Waals surface area contributed by atoms with Crippen LogP contribution in [0, 0.1) is 5.92 Å². The normalized spacial score (nSPS) is 27.9. The topological polar surface area (TPSA) is 69.7 Å². The van der Waals surface area contributed by atoms with Crippen molar-refractivity contribution in [2.24, 2.45) is 5.92 Å². The van der Waals surface area contributed by atoms with Crippen molar-refractivity contribution in [3.8, 4) is 0 Å². The van der Waals surface area contributed by atoms with E-state index in [1.165, 1.54) is 0 Å². The van der Waals surface area contributed by atoms with Crippen molar-refractivity contribution in [2.75, 3.05) is 0 Å². The number of rotatable bonds is 2. The Hall–Kier alpha value is -2.43. The molecule has 1 saturated heterocycles. The van der Waals surface area contributed by atoms with Crippen LogP contribution in [0.25, 0.3) is 0 Å². The van der Waals surface area contributed by atoms with E-state index in [2.05, 4.69) is 6.58 Å². The molecule has 0 amide bonds. The molecule has 25 heavy (non-hydrogen) atoms. The Bertz CT molecular complexity index is 708. The summed E-state index contributed by atoms with van der Waals surface area (Å²) in [5.74, 6) is -1.48. The van der Waals surface area contributed by atoms with Crippen LogP contribution in [-0.2, 0) is 23.9 Å². The third-order valence-corrected chi connectivity index (χ3v) is 4.69. The molecular formula is C20H24O5. The van der Waals surface area contributed by atoms with Gasteiger partial charge in [0.15, 0.2) is 5.78 Å². The van der Waals surface area contributed by atoms with Crippen LogP contribution in [0.2, 0.25) is 0 Å². The maximum absolute atomic E-state index is 12.3. The first-order valence-corrected chi connectivity index (χ1v) is 8.35. The summed E-state index contributed by atoms with van der Waals surface area (Å²) in [6.07, 6.45) is 4.61. The Morgan fingerprint density at radius 3 is 2.68 bits per heavy atom. The Morgan fingerprint density at radius 2 is 2.04 bits per heavy atom. The van der Waals surface area contributed by atoms with Crippen molar-refractivity contribution in [1.82, 2.24) is 0 Å². The fraction of sp³-hybridized carbons (Fsp3) is 0.450. The third-order valence-electron chi connectivity index (χ3n) is 4.69. The molecule has 0 radical (unpaired) electrons. The number of hydrogen-bond donors (Lipinski definition) is 0. The molecule has 1 fully saturated rings. The number of carbonyl (C=O) groups is 3. The molecule has 2 aliphatic rings. The summed E-state index contributed by atoms with van der Waals surface area (Å²) in [6, 6.07) is 0. The summed E-state index contributed by atoms with van der Waals surface area (Å²) in [4.78, 5) is 36.4. The van der Waals surface area contributed by atoms with Gasteiger partial charge in [-0.25, -0.2) is 9.59 Å². The number of Topliss-reactive ketones (excluding diaryl/α,β-unsaturated/α-hetero) is 1. The fourth-order valence-electron chi connectivity index (χ4n) is 2.94. The highest BCUT2D eigenvalue weighted by Gasteiger charge is 2.44. The molecule has 5 heteroatoms. The maximum Gasteiger partial charge on any atom is 0.334 e. The number of allylic oxidation sites excluding steroid dienone is 3. The Balaban J connectivity index is 2.44. The number of carbonyl (C=O) groups excluding carboxylic acids is 3. The van der Waals surface area contributed by atoms with Gasteiger partial charge in [0.05, 0.1) is 5.92 Å². The van der Waals surface area contributed by atoms with E-state index in [9.17, 15) is 14.4 Å². The second-order valence-electron chi connectivity index (χ2n) is 6.57. The minimum absolute atomic E-state index is 0.0214. The molecule has 0 N–H and O–H groups in total. The van der Waals surface area contributed by atoms with Crippen molar-refractivity contribution in [3.63, 3.8) is 0 Å². The molecule has 0 bridgehead atoms. The summed E-state index contributed by atoms with van der Waals surface area (Å²) in [6.45, 7) is 10.8. The minimum atomic E-state index is -0.654. The predicted octanol–water partition coefficient (Wildman–Crippen LogP) is 3.22. The Morgan fingerprint density at radius 1 is 1.36 bits per heavy atom. The predicted molar refractivity (Wildman–Crippen MR) is 93.6 cm³/mol. The van der Waals surface area contributed by atoms with Gasteiger partial charge >= 0.3 is 11.9 Å². The highest BCUT2D eigenvalue weighted by molar-refractivity contribution is 5.96. The van der Waals surface area contributed by atoms with Gasteiger partial charge in [-0.05, 0) is 39.3 Å². The lowest BCUT2D eigenvalue weighted by atomic mass is 9.85. The molecule has 0 aromatic carbocycles. The zero-order valence-electron chi connectivity index (χ0n) is 15.1. The van der Waals surface area contributed by atoms with Gasteiger partial charge in [0.1, 0.15) is 12.2 Å². The Labute approximate surface area is 148 Å². The molecule has 1 heterocycles. The molecule has 5 nitrogen and oxygen atoms in total. The highest BCUT2D eigenvalue weighted by Crippen LogP contribution is 2.36. The van der Waals surface area contributed by atoms with Crippen LogP contribution in [0.3, 0.4) is 0 Å². The lowest BCUT2D eigenvalue weighted by molar-refractivity contribution is -0.147. The van der Waals surface area contributed by atoms with E-state index in [-0.39, 0.29) is 17.8 Å². The van der Waals surface area contributed by atoms with E-state index in [1.54, 1.807) is 32.9 Å². The quantitative estimate of drug-likeness (QED) is 0.437. The van der Waals surface area contributed by atoms with E-state index < -0.39 is 30.1 Å². The van der Waals surface area contributed by atoms with E-state index in [0.29, 0.717) is 17.6 Å². The number of hydrogen-bond acceptors (Lipinski definition) is 5. The molecule has 0 spiro atoms. The van der Waals surface area contributed by atoms with E-state index in [0.717, 1.165) is 5.57 Å². The summed E-state index contributed by atoms with van der Waals surface area (Å²) >= 11 is 0. The van der Waals surface area contributed by atoms with Crippen LogP contribution in [0.5, 0.6) is 0 Å². The second-order valence-corrected chi connectivity index (χ2v) is 6.57. The zero-order valence-corrected chi connectivity index (χ0v) is 15.1. The highest BCUT2D eigenvalue weighted by atomic mass is 16.6. The van der Waals surface area contributed by atoms with Gasteiger partial charge in [0, 0.05) is 24.0 Å². The second kappa shape index (κ2) is 7.64. The molecule has 0 aromatic rings. The van der Waals surface area contributed by atoms with Crippen molar-refractivity contribution >= 4 is 17.7 Å². The van der Waals surface area contributed by atoms with Crippen molar-refractivity contribution in [3.05, 3.63) is 47.1 Å². The van der Waals surface area contributed by atoms with Crippen LogP contribution in [-0.4, -0.2) is 29.9 Å². The van der Waals surface area contributed by atoms with Gasteiger partial charge in [-0.1, -0.05) is 24.3 Å². The molecule has 2 rings (SSSR count). The van der Waals surface area contributed by atoms with Crippen LogP contribution in [0.15, 0.2) is 47.1 Å². The monoisotopic (exact) mass is 344 g/mol. The summed E-state index contributed by atoms with van der Waals surface area (Å²) in [7, 11) is 0. The van der Waals surface area contributed by atoms with Crippen LogP contribution in [0.1, 0.15) is 40.5 Å². The van der Waals surface area contributed by atoms with Gasteiger partial charge in [-0.2, -0.15) is 0 Å². The van der Waals surface area contributed by atoms with Gasteiger partial charge < -0.3 is 9.47 Å². The summed E-state index contributed by atoms with van der Waals surface area (Å²) < 4.78 is 11.1. The van der Waals surface area contributed by atoms with Gasteiger partial charge in [0.2, 0.25) is 0 Å². The van der Waals surface area contributed by atoms with Crippen LogP contribution in [0.4, 0.5) is 0 Å².